The van der Waals surface area contributed by atoms with Crippen molar-refractivity contribution in [3.05, 3.63) is 53.5 Å². The van der Waals surface area contributed by atoms with E-state index in [9.17, 15) is 19.3 Å². The van der Waals surface area contributed by atoms with Gasteiger partial charge in [0.1, 0.15) is 6.04 Å². The van der Waals surface area contributed by atoms with Crippen LogP contribution in [-0.2, 0) is 19.1 Å². The molecule has 0 aromatic rings. The molecule has 1 unspecified atom stereocenters. The van der Waals surface area contributed by atoms with Crippen molar-refractivity contribution in [3.8, 4) is 0 Å². The van der Waals surface area contributed by atoms with Gasteiger partial charge in [0.05, 0.1) is 13.2 Å². The van der Waals surface area contributed by atoms with Crippen molar-refractivity contribution in [1.82, 2.24) is 10.6 Å². The number of allylic oxidation sites excluding steroid dienone is 8. The fourth-order valence-electron chi connectivity index (χ4n) is 5.69. The molecule has 0 radical (unpaired) electrons. The number of rotatable bonds is 38. The van der Waals surface area contributed by atoms with Crippen LogP contribution in [0.15, 0.2) is 53.8 Å². The van der Waals surface area contributed by atoms with E-state index >= 15 is 0 Å². The lowest BCUT2D eigenvalue weighted by Crippen LogP contribution is -2.49. The summed E-state index contributed by atoms with van der Waals surface area (Å²) in [4.78, 5) is 48.2. The van der Waals surface area contributed by atoms with Gasteiger partial charge >= 0.3 is 5.97 Å². The van der Waals surface area contributed by atoms with E-state index in [1.54, 1.807) is 0 Å². The molecule has 0 aliphatic heterocycles. The number of nitrogens with zero attached hydrogens (tertiary/aromatic N) is 1. The maximum Gasteiger partial charge on any atom is 0.330 e. The van der Waals surface area contributed by atoms with Crippen LogP contribution in [0.25, 0.3) is 0 Å². The van der Waals surface area contributed by atoms with E-state index < -0.39 is 12.0 Å². The molecule has 2 N–H and O–H groups in total. The maximum atomic E-state index is 12.9. The predicted molar refractivity (Wildman–Crippen MR) is 219 cm³/mol. The molecular weight excluding hydrogens is 650 g/mol. The topological polar surface area (TPSA) is 114 Å². The van der Waals surface area contributed by atoms with E-state index in [1.807, 2.05) is 0 Å². The Hall–Kier alpha value is -3.03. The number of carbonyl (C=O) groups excluding carboxylic acids is 3. The van der Waals surface area contributed by atoms with E-state index in [0.29, 0.717) is 25.9 Å². The zero-order chi connectivity index (χ0) is 38.0. The second kappa shape index (κ2) is 40.7. The number of ether oxygens (including phenoxy) is 1. The molecule has 8 heteroatoms. The minimum Gasteiger partial charge on any atom is -0.464 e. The Kier molecular flexibility index (Phi) is 38.4. The number of carbonyl (C=O) groups is 3. The Morgan fingerprint density at radius 1 is 0.538 bits per heavy atom. The van der Waals surface area contributed by atoms with Crippen molar-refractivity contribution in [2.45, 2.75) is 193 Å². The van der Waals surface area contributed by atoms with Gasteiger partial charge in [0.15, 0.2) is 0 Å². The van der Waals surface area contributed by atoms with Gasteiger partial charge in [-0.05, 0) is 89.9 Å². The summed E-state index contributed by atoms with van der Waals surface area (Å²) in [7, 11) is 0. The van der Waals surface area contributed by atoms with Crippen LogP contribution in [0.1, 0.15) is 187 Å². The Balaban J connectivity index is 4.27. The summed E-state index contributed by atoms with van der Waals surface area (Å²) in [5.74, 6) is -0.939. The smallest absolute Gasteiger partial charge is 0.330 e. The lowest BCUT2D eigenvalue weighted by atomic mass is 10.1. The zero-order valence-electron chi connectivity index (χ0n) is 33.4. The molecule has 0 bridgehead atoms. The first-order chi connectivity index (χ1) is 25.5. The third-order valence-corrected chi connectivity index (χ3v) is 8.97. The molecule has 0 spiro atoms. The van der Waals surface area contributed by atoms with Crippen LogP contribution in [0.4, 0.5) is 0 Å². The van der Waals surface area contributed by atoms with Crippen molar-refractivity contribution in [1.29, 1.82) is 0 Å². The van der Waals surface area contributed by atoms with Gasteiger partial charge in [-0.3, -0.25) is 9.59 Å². The number of nitroso groups, excluding NO2 is 1. The highest BCUT2D eigenvalue weighted by atomic mass is 16.5. The molecule has 8 nitrogen and oxygen atoms in total. The Morgan fingerprint density at radius 2 is 0.981 bits per heavy atom. The molecule has 0 aromatic heterocycles. The standard InChI is InChI=1S/C44H77N3O5/c1-3-5-7-9-11-13-15-17-19-21-23-25-27-29-31-35-39-52-44(50)41(40-45-42(48)36-33-34-38-46-51)47-43(49)37-32-30-28-26-24-22-20-18-16-14-12-10-8-6-4-2/h11-14,17-20,41H,3-10,15-16,21-40H2,1-2H3,(H,45,48)(H,47,49)/b13-11-,14-12-,19-17-,20-18-. The maximum absolute atomic E-state index is 12.9. The van der Waals surface area contributed by atoms with Crippen molar-refractivity contribution in [3.63, 3.8) is 0 Å². The lowest BCUT2D eigenvalue weighted by molar-refractivity contribution is -0.148. The molecule has 2 amide bonds. The van der Waals surface area contributed by atoms with Crippen LogP contribution in [0.5, 0.6) is 0 Å². The molecule has 0 saturated carbocycles. The van der Waals surface area contributed by atoms with E-state index in [4.69, 9.17) is 4.74 Å². The predicted octanol–water partition coefficient (Wildman–Crippen LogP) is 11.7. The average Bonchev–Trinajstić information content (AvgIpc) is 3.14. The SMILES string of the molecule is CCCCC/C=C\C/C=C\CCCCCCCCOC(=O)C(CNC(=O)CCCCN=O)NC(=O)CCCCCCC/C=C\C/C=C\CCCCC. The highest BCUT2D eigenvalue weighted by Gasteiger charge is 2.23. The molecule has 0 fully saturated rings. The van der Waals surface area contributed by atoms with E-state index in [1.165, 1.54) is 70.6 Å². The third kappa shape index (κ3) is 36.8. The van der Waals surface area contributed by atoms with Crippen LogP contribution in [0.2, 0.25) is 0 Å². The van der Waals surface area contributed by atoms with Crippen molar-refractivity contribution in [2.24, 2.45) is 5.18 Å². The Labute approximate surface area is 318 Å². The highest BCUT2D eigenvalue weighted by Crippen LogP contribution is 2.10. The summed E-state index contributed by atoms with van der Waals surface area (Å²) < 4.78 is 5.52. The van der Waals surface area contributed by atoms with Gasteiger partial charge in [0.2, 0.25) is 11.8 Å². The second-order valence-corrected chi connectivity index (χ2v) is 14.0. The average molecular weight is 728 g/mol. The van der Waals surface area contributed by atoms with Crippen LogP contribution in [-0.4, -0.2) is 43.5 Å². The van der Waals surface area contributed by atoms with Gasteiger partial charge in [0, 0.05) is 19.4 Å². The van der Waals surface area contributed by atoms with Gasteiger partial charge in [0.25, 0.3) is 0 Å². The molecule has 0 saturated heterocycles. The van der Waals surface area contributed by atoms with E-state index in [-0.39, 0.29) is 31.3 Å². The summed E-state index contributed by atoms with van der Waals surface area (Å²) in [5.41, 5.74) is 0. The first-order valence-electron chi connectivity index (χ1n) is 21.2. The number of hydrogen-bond acceptors (Lipinski definition) is 6. The number of nitrogens with one attached hydrogen (secondary N) is 2. The van der Waals surface area contributed by atoms with Crippen LogP contribution in [0, 0.1) is 4.91 Å². The molecule has 298 valence electrons. The number of amides is 2. The molecule has 0 aromatic carbocycles. The number of unbranched alkanes of at least 4 members (excludes halogenated alkanes) is 18. The Bertz CT molecular complexity index is 975. The molecule has 0 heterocycles. The quantitative estimate of drug-likeness (QED) is 0.0284. The first kappa shape index (κ1) is 49.0. The van der Waals surface area contributed by atoms with Crippen molar-refractivity contribution < 1.29 is 19.1 Å². The highest BCUT2D eigenvalue weighted by molar-refractivity contribution is 5.85. The molecule has 0 rings (SSSR count). The van der Waals surface area contributed by atoms with Crippen LogP contribution >= 0.6 is 0 Å². The van der Waals surface area contributed by atoms with Crippen molar-refractivity contribution in [2.75, 3.05) is 19.7 Å². The first-order valence-corrected chi connectivity index (χ1v) is 21.2. The number of esters is 1. The normalized spacial score (nSPS) is 12.3. The monoisotopic (exact) mass is 728 g/mol. The molecule has 0 aliphatic carbocycles. The lowest BCUT2D eigenvalue weighted by Gasteiger charge is -2.18. The van der Waals surface area contributed by atoms with Crippen LogP contribution in [0.3, 0.4) is 0 Å². The minimum absolute atomic E-state index is 0.0127. The van der Waals surface area contributed by atoms with Crippen molar-refractivity contribution >= 4 is 17.8 Å². The molecule has 0 aliphatic rings. The van der Waals surface area contributed by atoms with Gasteiger partial charge in [-0.1, -0.05) is 138 Å². The zero-order valence-corrected chi connectivity index (χ0v) is 33.4. The van der Waals surface area contributed by atoms with Gasteiger partial charge < -0.3 is 15.4 Å². The third-order valence-electron chi connectivity index (χ3n) is 8.97. The van der Waals surface area contributed by atoms with E-state index in [2.05, 4.69) is 78.3 Å². The summed E-state index contributed by atoms with van der Waals surface area (Å²) >= 11 is 0. The van der Waals surface area contributed by atoms with Gasteiger partial charge in [-0.25, -0.2) is 4.79 Å². The molecular formula is C44H77N3O5. The largest absolute Gasteiger partial charge is 0.464 e. The summed E-state index contributed by atoms with van der Waals surface area (Å²) in [5, 5.41) is 8.36. The van der Waals surface area contributed by atoms with E-state index in [0.717, 1.165) is 77.0 Å². The van der Waals surface area contributed by atoms with Crippen LogP contribution < -0.4 is 10.6 Å². The Morgan fingerprint density at radius 3 is 1.50 bits per heavy atom. The molecule has 1 atom stereocenters. The second-order valence-electron chi connectivity index (χ2n) is 14.0. The fourth-order valence-corrected chi connectivity index (χ4v) is 5.69. The molecule has 52 heavy (non-hydrogen) atoms. The fraction of sp³-hybridized carbons (Fsp3) is 0.750. The number of hydrogen-bond donors (Lipinski definition) is 2. The minimum atomic E-state index is -0.921. The van der Waals surface area contributed by atoms with Gasteiger partial charge in [-0.2, -0.15) is 4.91 Å². The summed E-state index contributed by atoms with van der Waals surface area (Å²) in [6, 6.07) is -0.921. The summed E-state index contributed by atoms with van der Waals surface area (Å²) in [6.07, 6.45) is 45.7. The summed E-state index contributed by atoms with van der Waals surface area (Å²) in [6.45, 7) is 4.93. The van der Waals surface area contributed by atoms with Gasteiger partial charge in [-0.15, -0.1) is 0 Å².